The van der Waals surface area contributed by atoms with Crippen LogP contribution in [0.1, 0.15) is 45.6 Å². The molecule has 2 aromatic carbocycles. The fraction of sp³-hybridized carbons (Fsp3) is 0.423. The Morgan fingerprint density at radius 2 is 1.74 bits per heavy atom. The maximum atomic E-state index is 14.1. The predicted octanol–water partition coefficient (Wildman–Crippen LogP) is 5.61. The number of hydrogen-bond donors (Lipinski definition) is 3. The van der Waals surface area contributed by atoms with E-state index in [9.17, 15) is 18.8 Å². The van der Waals surface area contributed by atoms with Crippen LogP contribution in [-0.2, 0) is 20.9 Å². The smallest absolute Gasteiger partial charge is 0.407 e. The number of ether oxygens (including phenoxy) is 1. The van der Waals surface area contributed by atoms with Crippen LogP contribution >= 0.6 is 15.9 Å². The first-order chi connectivity index (χ1) is 16.4. The monoisotopic (exact) mass is 545 g/mol. The van der Waals surface area contributed by atoms with Crippen LogP contribution in [0.3, 0.4) is 0 Å². The van der Waals surface area contributed by atoms with Crippen molar-refractivity contribution in [2.45, 2.75) is 52.2 Å². The van der Waals surface area contributed by atoms with Crippen molar-refractivity contribution < 1.29 is 23.5 Å². The van der Waals surface area contributed by atoms with Crippen molar-refractivity contribution in [2.24, 2.45) is 17.3 Å². The zero-order chi connectivity index (χ0) is 25.4. The lowest BCUT2D eigenvalue weighted by molar-refractivity contribution is -0.129. The first kappa shape index (κ1) is 25.2. The molecule has 0 unspecified atom stereocenters. The average Bonchev–Trinajstić information content (AvgIpc) is 3.32. The minimum Gasteiger partial charge on any atom is -0.444 e. The van der Waals surface area contributed by atoms with E-state index in [1.807, 2.05) is 12.1 Å². The van der Waals surface area contributed by atoms with Gasteiger partial charge in [0.1, 0.15) is 11.4 Å². The van der Waals surface area contributed by atoms with Crippen molar-refractivity contribution in [3.63, 3.8) is 0 Å². The van der Waals surface area contributed by atoms with Gasteiger partial charge in [-0.3, -0.25) is 9.59 Å². The van der Waals surface area contributed by atoms with Crippen molar-refractivity contribution >= 4 is 45.2 Å². The van der Waals surface area contributed by atoms with Gasteiger partial charge in [-0.15, -0.1) is 0 Å². The molecule has 1 atom stereocenters. The van der Waals surface area contributed by atoms with Gasteiger partial charge >= 0.3 is 6.09 Å². The number of anilines is 2. The molecule has 0 aliphatic heterocycles. The third-order valence-electron chi connectivity index (χ3n) is 6.54. The number of carbonyl (C=O) groups excluding carboxylic acids is 3. The molecule has 0 saturated heterocycles. The lowest BCUT2D eigenvalue weighted by Gasteiger charge is -2.36. The number of halogens is 2. The molecule has 3 fully saturated rings. The summed E-state index contributed by atoms with van der Waals surface area (Å²) in [6, 6.07) is 11.7. The fourth-order valence-electron chi connectivity index (χ4n) is 4.84. The molecule has 0 radical (unpaired) electrons. The van der Waals surface area contributed by atoms with Crippen molar-refractivity contribution in [1.82, 2.24) is 5.32 Å². The Morgan fingerprint density at radius 3 is 2.37 bits per heavy atom. The summed E-state index contributed by atoms with van der Waals surface area (Å²) in [5.74, 6) is -1.04. The molecule has 35 heavy (non-hydrogen) atoms. The molecular formula is C26H29BrFN3O4. The van der Waals surface area contributed by atoms with Crippen LogP contribution < -0.4 is 16.0 Å². The number of nitrogens with one attached hydrogen (secondary N) is 3. The largest absolute Gasteiger partial charge is 0.444 e. The third-order valence-corrected chi connectivity index (χ3v) is 7.03. The van der Waals surface area contributed by atoms with Gasteiger partial charge in [-0.1, -0.05) is 28.1 Å². The highest BCUT2D eigenvalue weighted by molar-refractivity contribution is 9.10. The van der Waals surface area contributed by atoms with E-state index >= 15 is 0 Å². The van der Waals surface area contributed by atoms with E-state index < -0.39 is 22.9 Å². The maximum absolute atomic E-state index is 14.1. The highest BCUT2D eigenvalue weighted by Crippen LogP contribution is 2.62. The van der Waals surface area contributed by atoms with Crippen molar-refractivity contribution in [1.29, 1.82) is 0 Å². The summed E-state index contributed by atoms with van der Waals surface area (Å²) in [6.07, 6.45) is 1.26. The molecule has 0 spiro atoms. The zero-order valence-corrected chi connectivity index (χ0v) is 21.5. The molecule has 3 saturated carbocycles. The second-order valence-electron chi connectivity index (χ2n) is 10.4. The number of fused-ring (bicyclic) bond motifs is 1. The number of amides is 3. The molecule has 5 rings (SSSR count). The van der Waals surface area contributed by atoms with Gasteiger partial charge in [0.15, 0.2) is 0 Å². The number of rotatable bonds is 6. The van der Waals surface area contributed by atoms with Gasteiger partial charge in [0, 0.05) is 22.6 Å². The van der Waals surface area contributed by atoms with E-state index in [0.717, 1.165) is 5.56 Å². The predicted molar refractivity (Wildman–Crippen MR) is 134 cm³/mol. The van der Waals surface area contributed by atoms with E-state index in [1.54, 1.807) is 39.0 Å². The van der Waals surface area contributed by atoms with Crippen molar-refractivity contribution in [2.75, 3.05) is 10.6 Å². The molecule has 3 aliphatic carbocycles. The van der Waals surface area contributed by atoms with E-state index in [1.165, 1.54) is 12.1 Å². The minimum absolute atomic E-state index is 0.0986. The number of carbonyl (C=O) groups is 3. The fourth-order valence-corrected chi connectivity index (χ4v) is 5.18. The zero-order valence-electron chi connectivity index (χ0n) is 19.9. The van der Waals surface area contributed by atoms with Crippen LogP contribution in [-0.4, -0.2) is 23.5 Å². The third kappa shape index (κ3) is 5.83. The van der Waals surface area contributed by atoms with Crippen molar-refractivity contribution in [3.05, 3.63) is 58.3 Å². The van der Waals surface area contributed by atoms with Gasteiger partial charge in [-0.2, -0.15) is 0 Å². The molecule has 9 heteroatoms. The molecule has 7 nitrogen and oxygen atoms in total. The summed E-state index contributed by atoms with van der Waals surface area (Å²) >= 11 is 3.20. The molecule has 2 aromatic rings. The van der Waals surface area contributed by atoms with Crippen LogP contribution in [0.4, 0.5) is 20.6 Å². The number of alkyl carbamates (subject to hydrolysis) is 1. The Balaban J connectivity index is 1.29. The average molecular weight is 546 g/mol. The maximum Gasteiger partial charge on any atom is 0.407 e. The highest BCUT2D eigenvalue weighted by Gasteiger charge is 2.62. The van der Waals surface area contributed by atoms with Gasteiger partial charge in [0.2, 0.25) is 11.8 Å². The van der Waals surface area contributed by atoms with E-state index in [4.69, 9.17) is 4.74 Å². The summed E-state index contributed by atoms with van der Waals surface area (Å²) in [4.78, 5) is 37.6. The van der Waals surface area contributed by atoms with E-state index in [0.29, 0.717) is 36.0 Å². The lowest BCUT2D eigenvalue weighted by atomic mass is 9.68. The summed E-state index contributed by atoms with van der Waals surface area (Å²) in [7, 11) is 0. The van der Waals surface area contributed by atoms with E-state index in [2.05, 4.69) is 31.9 Å². The summed E-state index contributed by atoms with van der Waals surface area (Å²) in [5.41, 5.74) is 0.531. The van der Waals surface area contributed by atoms with Crippen LogP contribution in [0, 0.1) is 23.1 Å². The van der Waals surface area contributed by atoms with Gasteiger partial charge in [0.25, 0.3) is 0 Å². The Morgan fingerprint density at radius 1 is 1.06 bits per heavy atom. The molecule has 3 N–H and O–H groups in total. The summed E-state index contributed by atoms with van der Waals surface area (Å²) < 4.78 is 19.9. The second-order valence-corrected chi connectivity index (χ2v) is 11.3. The molecule has 3 amide bonds. The molecule has 0 aromatic heterocycles. The SMILES string of the molecule is CC(C)(C)OC(=O)NCc1ccc(NC(=O)C23CC(C2)[C@H](C(=O)Nc2ccc(Br)cc2F)C3)cc1. The highest BCUT2D eigenvalue weighted by atomic mass is 79.9. The Labute approximate surface area is 212 Å². The van der Waals surface area contributed by atoms with Crippen LogP contribution in [0.15, 0.2) is 46.9 Å². The van der Waals surface area contributed by atoms with E-state index in [-0.39, 0.29) is 29.3 Å². The standard InChI is InChI=1S/C26H29BrFN3O4/c1-25(2,3)35-24(34)29-14-15-4-7-18(8-5-15)30-23(33)26-11-16(12-26)19(13-26)22(32)31-21-9-6-17(27)10-20(21)28/h4-10,16,19H,11-14H2,1-3H3,(H,29,34)(H,30,33)(H,31,32)/t16?,19-,26?/m1/s1. The van der Waals surface area contributed by atoms with Crippen LogP contribution in [0.2, 0.25) is 0 Å². The first-order valence-electron chi connectivity index (χ1n) is 11.6. The van der Waals surface area contributed by atoms with Crippen molar-refractivity contribution in [3.8, 4) is 0 Å². The Bertz CT molecular complexity index is 1140. The quantitative estimate of drug-likeness (QED) is 0.439. The molecule has 3 aliphatic rings. The number of benzene rings is 2. The van der Waals surface area contributed by atoms with Crippen LogP contribution in [0.25, 0.3) is 0 Å². The molecule has 0 heterocycles. The summed E-state index contributed by atoms with van der Waals surface area (Å²) in [5, 5.41) is 8.34. The second kappa shape index (κ2) is 9.60. The topological polar surface area (TPSA) is 96.5 Å². The normalized spacial score (nSPS) is 22.7. The summed E-state index contributed by atoms with van der Waals surface area (Å²) in [6.45, 7) is 5.71. The van der Waals surface area contributed by atoms with Gasteiger partial charge in [-0.05, 0) is 81.8 Å². The number of hydrogen-bond acceptors (Lipinski definition) is 4. The Kier molecular flexibility index (Phi) is 6.90. The molecular weight excluding hydrogens is 517 g/mol. The molecule has 186 valence electrons. The minimum atomic E-state index is -0.568. The Hall–Kier alpha value is -2.94. The van der Waals surface area contributed by atoms with Gasteiger partial charge in [-0.25, -0.2) is 9.18 Å². The first-order valence-corrected chi connectivity index (χ1v) is 12.4. The molecule has 2 bridgehead atoms. The van der Waals surface area contributed by atoms with Gasteiger partial charge in [0.05, 0.1) is 11.1 Å². The lowest BCUT2D eigenvalue weighted by Crippen LogP contribution is -2.40. The van der Waals surface area contributed by atoms with Crippen LogP contribution in [0.5, 0.6) is 0 Å². The van der Waals surface area contributed by atoms with Gasteiger partial charge < -0.3 is 20.7 Å².